The average molecular weight is 418 g/mol. The SMILES string of the molecule is CNC(=O)c1nc(-c2ccccc2)n2c1CCN(C(=O)COc1cccc(C)c1)CC2. The summed E-state index contributed by atoms with van der Waals surface area (Å²) in [6.07, 6.45) is 0.554. The number of hydrogen-bond donors (Lipinski definition) is 1. The Bertz CT molecular complexity index is 1090. The first-order chi connectivity index (χ1) is 15.1. The summed E-state index contributed by atoms with van der Waals surface area (Å²) < 4.78 is 7.76. The summed E-state index contributed by atoms with van der Waals surface area (Å²) in [6, 6.07) is 17.5. The van der Waals surface area contributed by atoms with Gasteiger partial charge in [-0.1, -0.05) is 42.5 Å². The molecule has 1 aliphatic heterocycles. The summed E-state index contributed by atoms with van der Waals surface area (Å²) in [5, 5.41) is 2.68. The number of aryl methyl sites for hydroxylation is 1. The summed E-state index contributed by atoms with van der Waals surface area (Å²) >= 11 is 0. The van der Waals surface area contributed by atoms with Crippen molar-refractivity contribution < 1.29 is 14.3 Å². The van der Waals surface area contributed by atoms with Gasteiger partial charge in [-0.2, -0.15) is 0 Å². The monoisotopic (exact) mass is 418 g/mol. The third kappa shape index (κ3) is 4.45. The van der Waals surface area contributed by atoms with Gasteiger partial charge in [-0.3, -0.25) is 9.59 Å². The van der Waals surface area contributed by atoms with E-state index in [0.29, 0.717) is 37.5 Å². The average Bonchev–Trinajstić information content (AvgIpc) is 3.01. The zero-order valence-corrected chi connectivity index (χ0v) is 17.8. The number of benzene rings is 2. The van der Waals surface area contributed by atoms with Gasteiger partial charge in [0, 0.05) is 38.7 Å². The van der Waals surface area contributed by atoms with Gasteiger partial charge in [-0.05, 0) is 24.6 Å². The third-order valence-corrected chi connectivity index (χ3v) is 5.46. The molecule has 1 N–H and O–H groups in total. The minimum Gasteiger partial charge on any atom is -0.484 e. The number of nitrogens with zero attached hydrogens (tertiary/aromatic N) is 3. The fourth-order valence-corrected chi connectivity index (χ4v) is 3.85. The highest BCUT2D eigenvalue weighted by atomic mass is 16.5. The third-order valence-electron chi connectivity index (χ3n) is 5.46. The predicted molar refractivity (Wildman–Crippen MR) is 118 cm³/mol. The molecule has 0 bridgehead atoms. The lowest BCUT2D eigenvalue weighted by atomic mass is 10.2. The molecular formula is C24H26N4O3. The van der Waals surface area contributed by atoms with Gasteiger partial charge in [0.25, 0.3) is 11.8 Å². The van der Waals surface area contributed by atoms with Crippen molar-refractivity contribution in [3.63, 3.8) is 0 Å². The van der Waals surface area contributed by atoms with E-state index in [1.54, 1.807) is 11.9 Å². The number of hydrogen-bond acceptors (Lipinski definition) is 4. The number of carbonyl (C=O) groups is 2. The second kappa shape index (κ2) is 9.04. The Morgan fingerprint density at radius 1 is 1.06 bits per heavy atom. The molecule has 0 aliphatic carbocycles. The van der Waals surface area contributed by atoms with Crippen LogP contribution < -0.4 is 10.1 Å². The molecule has 3 aromatic rings. The van der Waals surface area contributed by atoms with Crippen molar-refractivity contribution in [2.24, 2.45) is 0 Å². The lowest BCUT2D eigenvalue weighted by molar-refractivity contribution is -0.133. The summed E-state index contributed by atoms with van der Waals surface area (Å²) in [4.78, 5) is 31.7. The fourth-order valence-electron chi connectivity index (χ4n) is 3.85. The van der Waals surface area contributed by atoms with Gasteiger partial charge in [-0.25, -0.2) is 4.98 Å². The number of aromatic nitrogens is 2. The second-order valence-electron chi connectivity index (χ2n) is 7.56. The molecule has 2 heterocycles. The first-order valence-corrected chi connectivity index (χ1v) is 10.4. The minimum absolute atomic E-state index is 0.00949. The number of fused-ring (bicyclic) bond motifs is 1. The van der Waals surface area contributed by atoms with Gasteiger partial charge in [0.1, 0.15) is 17.3 Å². The topological polar surface area (TPSA) is 76.5 Å². The molecule has 0 radical (unpaired) electrons. The Labute approximate surface area is 181 Å². The Kier molecular flexibility index (Phi) is 6.02. The molecule has 0 saturated heterocycles. The van der Waals surface area contributed by atoms with Crippen LogP contribution in [0.25, 0.3) is 11.4 Å². The molecule has 7 heteroatoms. The molecule has 0 saturated carbocycles. The van der Waals surface area contributed by atoms with Crippen molar-refractivity contribution in [1.29, 1.82) is 0 Å². The van der Waals surface area contributed by atoms with Gasteiger partial charge >= 0.3 is 0 Å². The Balaban J connectivity index is 1.53. The molecule has 0 fully saturated rings. The van der Waals surface area contributed by atoms with Crippen LogP contribution in [-0.2, 0) is 17.8 Å². The van der Waals surface area contributed by atoms with E-state index in [4.69, 9.17) is 4.74 Å². The minimum atomic E-state index is -0.214. The quantitative estimate of drug-likeness (QED) is 0.691. The molecule has 7 nitrogen and oxygen atoms in total. The molecule has 160 valence electrons. The first-order valence-electron chi connectivity index (χ1n) is 10.4. The summed E-state index contributed by atoms with van der Waals surface area (Å²) in [5.41, 5.74) is 3.31. The molecule has 2 amide bonds. The lowest BCUT2D eigenvalue weighted by Gasteiger charge is -2.20. The number of amides is 2. The number of nitrogens with one attached hydrogen (secondary N) is 1. The number of ether oxygens (including phenoxy) is 1. The maximum atomic E-state index is 12.8. The van der Waals surface area contributed by atoms with E-state index in [0.717, 1.165) is 22.6 Å². The van der Waals surface area contributed by atoms with Gasteiger partial charge in [-0.15, -0.1) is 0 Å². The number of imidazole rings is 1. The molecule has 31 heavy (non-hydrogen) atoms. The molecular weight excluding hydrogens is 392 g/mol. The normalized spacial score (nSPS) is 13.3. The maximum absolute atomic E-state index is 12.8. The predicted octanol–water partition coefficient (Wildman–Crippen LogP) is 2.68. The molecule has 0 spiro atoms. The van der Waals surface area contributed by atoms with Crippen molar-refractivity contribution in [3.8, 4) is 17.1 Å². The van der Waals surface area contributed by atoms with Crippen LogP contribution in [0.3, 0.4) is 0 Å². The van der Waals surface area contributed by atoms with Crippen LogP contribution >= 0.6 is 0 Å². The molecule has 4 rings (SSSR count). The standard InChI is InChI=1S/C24H26N4O3/c1-17-7-6-10-19(15-17)31-16-21(29)27-12-11-20-22(24(30)25-2)26-23(28(20)14-13-27)18-8-4-3-5-9-18/h3-10,15H,11-14,16H2,1-2H3,(H,25,30). The largest absolute Gasteiger partial charge is 0.484 e. The second-order valence-corrected chi connectivity index (χ2v) is 7.56. The van der Waals surface area contributed by atoms with Crippen molar-refractivity contribution in [3.05, 3.63) is 71.5 Å². The van der Waals surface area contributed by atoms with Crippen molar-refractivity contribution in [2.45, 2.75) is 19.9 Å². The summed E-state index contributed by atoms with van der Waals surface area (Å²) in [6.45, 7) is 3.59. The van der Waals surface area contributed by atoms with Gasteiger partial charge < -0.3 is 19.5 Å². The van der Waals surface area contributed by atoms with Crippen LogP contribution in [0.5, 0.6) is 5.75 Å². The summed E-state index contributed by atoms with van der Waals surface area (Å²) in [5.74, 6) is 1.16. The lowest BCUT2D eigenvalue weighted by Crippen LogP contribution is -2.37. The molecule has 0 atom stereocenters. The first kappa shape index (κ1) is 20.7. The van der Waals surface area contributed by atoms with E-state index in [-0.39, 0.29) is 18.4 Å². The maximum Gasteiger partial charge on any atom is 0.271 e. The van der Waals surface area contributed by atoms with Gasteiger partial charge in [0.05, 0.1) is 5.69 Å². The van der Waals surface area contributed by atoms with E-state index in [9.17, 15) is 9.59 Å². The zero-order valence-electron chi connectivity index (χ0n) is 17.8. The highest BCUT2D eigenvalue weighted by Crippen LogP contribution is 2.25. The Hall–Kier alpha value is -3.61. The summed E-state index contributed by atoms with van der Waals surface area (Å²) in [7, 11) is 1.60. The van der Waals surface area contributed by atoms with Crippen molar-refractivity contribution in [1.82, 2.24) is 19.8 Å². The van der Waals surface area contributed by atoms with Gasteiger partial charge in [0.2, 0.25) is 0 Å². The van der Waals surface area contributed by atoms with Crippen LogP contribution in [0.15, 0.2) is 54.6 Å². The van der Waals surface area contributed by atoms with Crippen LogP contribution in [-0.4, -0.2) is 53.0 Å². The van der Waals surface area contributed by atoms with E-state index in [1.165, 1.54) is 0 Å². The smallest absolute Gasteiger partial charge is 0.271 e. The van der Waals surface area contributed by atoms with Crippen molar-refractivity contribution >= 4 is 11.8 Å². The van der Waals surface area contributed by atoms with Crippen LogP contribution in [0.2, 0.25) is 0 Å². The molecule has 1 aliphatic rings. The highest BCUT2D eigenvalue weighted by Gasteiger charge is 2.27. The van der Waals surface area contributed by atoms with Crippen molar-refractivity contribution in [2.75, 3.05) is 26.7 Å². The molecule has 0 unspecified atom stereocenters. The van der Waals surface area contributed by atoms with Crippen LogP contribution in [0.1, 0.15) is 21.7 Å². The molecule has 2 aromatic carbocycles. The van der Waals surface area contributed by atoms with E-state index in [2.05, 4.69) is 14.9 Å². The number of rotatable bonds is 5. The van der Waals surface area contributed by atoms with E-state index >= 15 is 0 Å². The Morgan fingerprint density at radius 3 is 2.61 bits per heavy atom. The van der Waals surface area contributed by atoms with Gasteiger partial charge in [0.15, 0.2) is 6.61 Å². The fraction of sp³-hybridized carbons (Fsp3) is 0.292. The van der Waals surface area contributed by atoms with Crippen LogP contribution in [0, 0.1) is 6.92 Å². The highest BCUT2D eigenvalue weighted by molar-refractivity contribution is 5.94. The Morgan fingerprint density at radius 2 is 1.87 bits per heavy atom. The molecule has 1 aromatic heterocycles. The van der Waals surface area contributed by atoms with E-state index in [1.807, 2.05) is 61.5 Å². The zero-order chi connectivity index (χ0) is 21.8. The van der Waals surface area contributed by atoms with E-state index < -0.39 is 0 Å². The number of carbonyl (C=O) groups excluding carboxylic acids is 2. The van der Waals surface area contributed by atoms with Crippen LogP contribution in [0.4, 0.5) is 0 Å².